The van der Waals surface area contributed by atoms with Crippen molar-refractivity contribution in [3.05, 3.63) is 65.7 Å². The topological polar surface area (TPSA) is 71.0 Å². The molecule has 1 aliphatic heterocycles. The van der Waals surface area contributed by atoms with E-state index >= 15 is 0 Å². The second-order valence-corrected chi connectivity index (χ2v) is 9.90. The highest BCUT2D eigenvalue weighted by molar-refractivity contribution is 7.89. The van der Waals surface area contributed by atoms with E-state index in [2.05, 4.69) is 21.9 Å². The number of hydrogen-bond acceptors (Lipinski definition) is 5. The molecular formula is C24H33N3O3S. The Morgan fingerprint density at radius 2 is 1.94 bits per heavy atom. The van der Waals surface area contributed by atoms with Crippen LogP contribution >= 0.6 is 0 Å². The van der Waals surface area contributed by atoms with E-state index in [0.717, 1.165) is 31.4 Å². The van der Waals surface area contributed by atoms with Crippen LogP contribution in [0.25, 0.3) is 0 Å². The molecular weight excluding hydrogens is 410 g/mol. The monoisotopic (exact) mass is 443 g/mol. The summed E-state index contributed by atoms with van der Waals surface area (Å²) in [5.41, 5.74) is 2.25. The summed E-state index contributed by atoms with van der Waals surface area (Å²) in [6.45, 7) is 3.91. The maximum absolute atomic E-state index is 12.6. The Morgan fingerprint density at radius 1 is 1.19 bits per heavy atom. The predicted molar refractivity (Wildman–Crippen MR) is 125 cm³/mol. The fraction of sp³-hybridized carbons (Fsp3) is 0.458. The molecule has 0 aromatic heterocycles. The molecule has 1 fully saturated rings. The van der Waals surface area contributed by atoms with Gasteiger partial charge in [-0.15, -0.1) is 0 Å². The minimum absolute atomic E-state index is 0.131. The molecule has 2 aromatic carbocycles. The Morgan fingerprint density at radius 3 is 2.65 bits per heavy atom. The molecule has 0 amide bonds. The summed E-state index contributed by atoms with van der Waals surface area (Å²) in [6.07, 6.45) is 5.68. The fourth-order valence-corrected chi connectivity index (χ4v) is 4.89. The second kappa shape index (κ2) is 11.4. The van der Waals surface area contributed by atoms with Crippen LogP contribution in [0.3, 0.4) is 0 Å². The lowest BCUT2D eigenvalue weighted by Crippen LogP contribution is -2.30. The lowest BCUT2D eigenvalue weighted by atomic mass is 9.97. The minimum Gasteiger partial charge on any atom is -0.382 e. The Hall–Kier alpha value is -2.22. The van der Waals surface area contributed by atoms with Gasteiger partial charge in [-0.3, -0.25) is 5.01 Å². The average Bonchev–Trinajstić information content (AvgIpc) is 3.20. The number of nitrogens with one attached hydrogen (secondary N) is 1. The van der Waals surface area contributed by atoms with Gasteiger partial charge < -0.3 is 4.74 Å². The van der Waals surface area contributed by atoms with Gasteiger partial charge in [0, 0.05) is 32.3 Å². The molecule has 3 rings (SSSR count). The summed E-state index contributed by atoms with van der Waals surface area (Å²) in [7, 11) is -1.79. The van der Waals surface area contributed by atoms with Crippen molar-refractivity contribution < 1.29 is 13.2 Å². The van der Waals surface area contributed by atoms with Gasteiger partial charge in [0.1, 0.15) is 0 Å². The van der Waals surface area contributed by atoms with E-state index in [1.54, 1.807) is 19.2 Å². The van der Waals surface area contributed by atoms with Gasteiger partial charge in [-0.1, -0.05) is 48.0 Å². The molecule has 2 atom stereocenters. The summed E-state index contributed by atoms with van der Waals surface area (Å²) in [6, 6.07) is 17.5. The standard InChI is InChI=1S/C24H33N3O3S/c1-20-10-12-24(13-11-20)31(28,29)26-15-14-22(17-21-7-4-3-5-8-21)18-25-27-16-6-9-23(27)19-30-2/h3-5,7-8,10-13,18,22-23,26H,6,9,14-17,19H2,1-2H3/b25-18+/t22-,23-/m0/s1. The highest BCUT2D eigenvalue weighted by Crippen LogP contribution is 2.19. The van der Waals surface area contributed by atoms with Crippen LogP contribution in [0.4, 0.5) is 0 Å². The van der Waals surface area contributed by atoms with Crippen molar-refractivity contribution in [3.63, 3.8) is 0 Å². The first-order chi connectivity index (χ1) is 15.0. The van der Waals surface area contributed by atoms with Gasteiger partial charge in [-0.05, 0) is 50.3 Å². The maximum atomic E-state index is 12.6. The summed E-state index contributed by atoms with van der Waals surface area (Å²) in [4.78, 5) is 0.297. The van der Waals surface area contributed by atoms with Crippen molar-refractivity contribution in [2.24, 2.45) is 11.0 Å². The molecule has 0 bridgehead atoms. The van der Waals surface area contributed by atoms with Crippen molar-refractivity contribution >= 4 is 16.2 Å². The molecule has 0 unspecified atom stereocenters. The van der Waals surface area contributed by atoms with E-state index in [1.165, 1.54) is 5.56 Å². The van der Waals surface area contributed by atoms with Crippen LogP contribution in [0.5, 0.6) is 0 Å². The number of sulfonamides is 1. The third-order valence-electron chi connectivity index (χ3n) is 5.61. The van der Waals surface area contributed by atoms with E-state index in [0.29, 0.717) is 30.5 Å². The first-order valence-electron chi connectivity index (χ1n) is 10.9. The second-order valence-electron chi connectivity index (χ2n) is 8.13. The molecule has 168 valence electrons. The van der Waals surface area contributed by atoms with E-state index in [-0.39, 0.29) is 5.92 Å². The first-order valence-corrected chi connectivity index (χ1v) is 12.4. The number of methoxy groups -OCH3 is 1. The van der Waals surface area contributed by atoms with Crippen LogP contribution in [0, 0.1) is 12.8 Å². The van der Waals surface area contributed by atoms with Gasteiger partial charge in [0.05, 0.1) is 17.5 Å². The Labute approximate surface area is 186 Å². The SMILES string of the molecule is COC[C@@H]1CCCN1/N=C/[C@@H](CCNS(=O)(=O)c1ccc(C)cc1)Cc1ccccc1. The van der Waals surface area contributed by atoms with Gasteiger partial charge >= 0.3 is 0 Å². The molecule has 31 heavy (non-hydrogen) atoms. The normalized spacial score (nSPS) is 18.0. The zero-order valence-corrected chi connectivity index (χ0v) is 19.2. The number of rotatable bonds is 11. The van der Waals surface area contributed by atoms with E-state index < -0.39 is 10.0 Å². The highest BCUT2D eigenvalue weighted by atomic mass is 32.2. The third-order valence-corrected chi connectivity index (χ3v) is 7.09. The molecule has 7 heteroatoms. The van der Waals surface area contributed by atoms with Gasteiger partial charge in [0.15, 0.2) is 0 Å². The van der Waals surface area contributed by atoms with Gasteiger partial charge in [0.25, 0.3) is 0 Å². The minimum atomic E-state index is -3.51. The van der Waals surface area contributed by atoms with Crippen LogP contribution in [0.2, 0.25) is 0 Å². The summed E-state index contributed by atoms with van der Waals surface area (Å²) < 4.78 is 33.3. The lowest BCUT2D eigenvalue weighted by molar-refractivity contribution is 0.118. The largest absolute Gasteiger partial charge is 0.382 e. The van der Waals surface area contributed by atoms with Gasteiger partial charge in [-0.2, -0.15) is 5.10 Å². The fourth-order valence-electron chi connectivity index (χ4n) is 3.84. The molecule has 2 aromatic rings. The lowest BCUT2D eigenvalue weighted by Gasteiger charge is -2.22. The Kier molecular flexibility index (Phi) is 8.63. The van der Waals surface area contributed by atoms with E-state index in [4.69, 9.17) is 9.84 Å². The van der Waals surface area contributed by atoms with Crippen molar-refractivity contribution in [2.45, 2.75) is 43.5 Å². The molecule has 1 N–H and O–H groups in total. The smallest absolute Gasteiger partial charge is 0.240 e. The van der Waals surface area contributed by atoms with Gasteiger partial charge in [0.2, 0.25) is 10.0 Å². The number of nitrogens with zero attached hydrogens (tertiary/aromatic N) is 2. The van der Waals surface area contributed by atoms with Crippen molar-refractivity contribution in [3.8, 4) is 0 Å². The Bertz CT molecular complexity index is 930. The average molecular weight is 444 g/mol. The summed E-state index contributed by atoms with van der Waals surface area (Å²) in [5.74, 6) is 0.131. The van der Waals surface area contributed by atoms with Gasteiger partial charge in [-0.25, -0.2) is 13.1 Å². The highest BCUT2D eigenvalue weighted by Gasteiger charge is 2.23. The molecule has 6 nitrogen and oxygen atoms in total. The molecule has 0 aliphatic carbocycles. The third kappa shape index (κ3) is 7.16. The van der Waals surface area contributed by atoms with Crippen molar-refractivity contribution in [1.29, 1.82) is 0 Å². The number of hydrogen-bond donors (Lipinski definition) is 1. The molecule has 0 radical (unpaired) electrons. The van der Waals surface area contributed by atoms with E-state index in [1.807, 2.05) is 43.5 Å². The number of aryl methyl sites for hydroxylation is 1. The van der Waals surface area contributed by atoms with E-state index in [9.17, 15) is 8.42 Å². The predicted octanol–water partition coefficient (Wildman–Crippen LogP) is 3.62. The van der Waals surface area contributed by atoms with Crippen LogP contribution in [0.15, 0.2) is 64.6 Å². The zero-order valence-electron chi connectivity index (χ0n) is 18.4. The molecule has 0 spiro atoms. The number of ether oxygens (including phenoxy) is 1. The Balaban J connectivity index is 1.63. The van der Waals surface area contributed by atoms with Crippen LogP contribution in [0.1, 0.15) is 30.4 Å². The molecule has 1 aliphatic rings. The first kappa shape index (κ1) is 23.4. The number of hydrazone groups is 1. The summed E-state index contributed by atoms with van der Waals surface area (Å²) in [5, 5.41) is 6.86. The maximum Gasteiger partial charge on any atom is 0.240 e. The molecule has 1 saturated heterocycles. The van der Waals surface area contributed by atoms with Crippen molar-refractivity contribution in [2.75, 3.05) is 26.8 Å². The van der Waals surface area contributed by atoms with Crippen LogP contribution in [-0.4, -0.2) is 52.5 Å². The summed E-state index contributed by atoms with van der Waals surface area (Å²) >= 11 is 0. The quantitative estimate of drug-likeness (QED) is 0.539. The zero-order chi connectivity index (χ0) is 22.1. The van der Waals surface area contributed by atoms with Crippen LogP contribution < -0.4 is 4.72 Å². The molecule has 0 saturated carbocycles. The van der Waals surface area contributed by atoms with Crippen molar-refractivity contribution in [1.82, 2.24) is 9.73 Å². The molecule has 1 heterocycles. The van der Waals surface area contributed by atoms with Crippen LogP contribution in [-0.2, 0) is 21.2 Å². The number of benzene rings is 2.